The minimum absolute atomic E-state index is 0.00534. The second-order valence-corrected chi connectivity index (χ2v) is 12.1. The first-order valence-corrected chi connectivity index (χ1v) is 14.0. The van der Waals surface area contributed by atoms with Crippen LogP contribution in [-0.4, -0.2) is 60.8 Å². The Hall–Kier alpha value is -4.52. The van der Waals surface area contributed by atoms with Crippen LogP contribution in [0.1, 0.15) is 66.9 Å². The van der Waals surface area contributed by atoms with Crippen LogP contribution in [-0.2, 0) is 0 Å². The molecule has 0 radical (unpaired) electrons. The van der Waals surface area contributed by atoms with E-state index in [2.05, 4.69) is 15.5 Å². The highest BCUT2D eigenvalue weighted by Crippen LogP contribution is 2.57. The molecule has 6 rings (SSSR count). The number of nitrogens with zero attached hydrogens (tertiary/aromatic N) is 4. The minimum atomic E-state index is -2.96. The molecule has 0 saturated heterocycles. The molecule has 11 nitrogen and oxygen atoms in total. The van der Waals surface area contributed by atoms with Gasteiger partial charge in [0.05, 0.1) is 16.8 Å². The average Bonchev–Trinajstić information content (AvgIpc) is 3.51. The number of aliphatic hydroxyl groups is 1. The van der Waals surface area contributed by atoms with E-state index in [1.54, 1.807) is 30.8 Å². The Morgan fingerprint density at radius 3 is 2.51 bits per heavy atom. The Bertz CT molecular complexity index is 1670. The fourth-order valence-electron chi connectivity index (χ4n) is 5.93. The summed E-state index contributed by atoms with van der Waals surface area (Å²) in [7, 11) is 0. The third-order valence-electron chi connectivity index (χ3n) is 7.93. The zero-order valence-corrected chi connectivity index (χ0v) is 23.7. The standard InChI is InChI=1S/C30H32F2N6O5/c1-29(2,41)16-42-19-8-9-21-23(10-19)38(28(31)32)35-24(21)26(40)34-17-11-30(12-17)13-20(14-30)43-27-22(25(33)39)15-37(36-27)18-6-4-3-5-7-18/h3-10,15,17,20,28,41H,11-14,16H2,1-2H3,(H2,33,39)(H,34,40). The van der Waals surface area contributed by atoms with Crippen molar-refractivity contribution in [3.63, 3.8) is 0 Å². The van der Waals surface area contributed by atoms with Crippen LogP contribution in [0.4, 0.5) is 8.78 Å². The van der Waals surface area contributed by atoms with Gasteiger partial charge in [0.1, 0.15) is 24.0 Å². The zero-order valence-electron chi connectivity index (χ0n) is 23.7. The molecular weight excluding hydrogens is 562 g/mol. The zero-order chi connectivity index (χ0) is 30.5. The number of carbonyl (C=O) groups is 2. The number of fused-ring (bicyclic) bond motifs is 1. The van der Waals surface area contributed by atoms with Crippen molar-refractivity contribution in [1.29, 1.82) is 0 Å². The molecule has 0 unspecified atom stereocenters. The van der Waals surface area contributed by atoms with Crippen molar-refractivity contribution in [3.8, 4) is 17.3 Å². The van der Waals surface area contributed by atoms with Crippen molar-refractivity contribution < 1.29 is 33.0 Å². The second kappa shape index (κ2) is 10.6. The molecule has 43 heavy (non-hydrogen) atoms. The molecule has 4 aromatic rings. The van der Waals surface area contributed by atoms with E-state index in [4.69, 9.17) is 15.2 Å². The highest BCUT2D eigenvalue weighted by Gasteiger charge is 2.54. The molecule has 4 N–H and O–H groups in total. The predicted molar refractivity (Wildman–Crippen MR) is 151 cm³/mol. The van der Waals surface area contributed by atoms with E-state index in [1.165, 1.54) is 12.1 Å². The molecule has 2 amide bonds. The van der Waals surface area contributed by atoms with Gasteiger partial charge in [-0.15, -0.1) is 5.10 Å². The van der Waals surface area contributed by atoms with E-state index < -0.39 is 24.0 Å². The third-order valence-corrected chi connectivity index (χ3v) is 7.93. The fraction of sp³-hybridized carbons (Fsp3) is 0.400. The van der Waals surface area contributed by atoms with Crippen LogP contribution in [0.2, 0.25) is 0 Å². The van der Waals surface area contributed by atoms with Gasteiger partial charge in [0.15, 0.2) is 5.69 Å². The molecule has 2 fully saturated rings. The molecule has 226 valence electrons. The van der Waals surface area contributed by atoms with Crippen LogP contribution in [0.5, 0.6) is 11.6 Å². The number of aromatic nitrogens is 4. The van der Waals surface area contributed by atoms with Gasteiger partial charge in [0.2, 0.25) is 5.88 Å². The molecule has 0 bridgehead atoms. The van der Waals surface area contributed by atoms with Crippen LogP contribution < -0.4 is 20.5 Å². The largest absolute Gasteiger partial charge is 0.491 e. The van der Waals surface area contributed by atoms with Gasteiger partial charge in [-0.2, -0.15) is 13.9 Å². The number of nitrogens with two attached hydrogens (primary N) is 1. The maximum atomic E-state index is 13.8. The van der Waals surface area contributed by atoms with E-state index >= 15 is 0 Å². The number of carbonyl (C=O) groups excluding carboxylic acids is 2. The van der Waals surface area contributed by atoms with Crippen LogP contribution in [0.3, 0.4) is 0 Å². The lowest BCUT2D eigenvalue weighted by atomic mass is 9.53. The van der Waals surface area contributed by atoms with Gasteiger partial charge >= 0.3 is 6.55 Å². The second-order valence-electron chi connectivity index (χ2n) is 12.1. The quantitative estimate of drug-likeness (QED) is 0.252. The number of para-hydroxylation sites is 1. The van der Waals surface area contributed by atoms with Crippen molar-refractivity contribution in [2.24, 2.45) is 11.1 Å². The molecule has 13 heteroatoms. The molecule has 1 spiro atoms. The third kappa shape index (κ3) is 5.76. The van der Waals surface area contributed by atoms with Gasteiger partial charge in [-0.25, -0.2) is 9.36 Å². The number of halogens is 2. The van der Waals surface area contributed by atoms with Gasteiger partial charge in [0, 0.05) is 23.7 Å². The van der Waals surface area contributed by atoms with Crippen molar-refractivity contribution >= 4 is 22.7 Å². The van der Waals surface area contributed by atoms with Crippen molar-refractivity contribution in [3.05, 3.63) is 66.0 Å². The maximum Gasteiger partial charge on any atom is 0.333 e. The number of hydrogen-bond acceptors (Lipinski definition) is 7. The summed E-state index contributed by atoms with van der Waals surface area (Å²) in [6.45, 7) is 0.147. The monoisotopic (exact) mass is 594 g/mol. The topological polar surface area (TPSA) is 147 Å². The molecule has 2 aliphatic carbocycles. The van der Waals surface area contributed by atoms with E-state index in [9.17, 15) is 23.5 Å². The number of nitrogens with one attached hydrogen (secondary N) is 1. The highest BCUT2D eigenvalue weighted by atomic mass is 19.3. The minimum Gasteiger partial charge on any atom is -0.491 e. The van der Waals surface area contributed by atoms with E-state index in [-0.39, 0.29) is 58.0 Å². The summed E-state index contributed by atoms with van der Waals surface area (Å²) >= 11 is 0. The van der Waals surface area contributed by atoms with Gasteiger partial charge in [-0.1, -0.05) is 18.2 Å². The molecule has 2 aromatic carbocycles. The molecule has 0 atom stereocenters. The van der Waals surface area contributed by atoms with Gasteiger partial charge in [0.25, 0.3) is 11.8 Å². The average molecular weight is 595 g/mol. The molecule has 0 aliphatic heterocycles. The number of benzene rings is 2. The maximum absolute atomic E-state index is 13.8. The highest BCUT2D eigenvalue weighted by molar-refractivity contribution is 6.05. The summed E-state index contributed by atoms with van der Waals surface area (Å²) in [4.78, 5) is 25.1. The Kier molecular flexibility index (Phi) is 7.07. The van der Waals surface area contributed by atoms with Crippen LogP contribution in [0, 0.1) is 5.41 Å². The first kappa shape index (κ1) is 28.6. The number of ether oxygens (including phenoxy) is 2. The van der Waals surface area contributed by atoms with E-state index in [0.717, 1.165) is 18.5 Å². The SMILES string of the molecule is CC(C)(O)COc1ccc2c(C(=O)NC3CC4(C3)CC(Oc3nn(-c5ccccc5)cc3C(N)=O)C4)nn(C(F)F)c2c1. The first-order valence-electron chi connectivity index (χ1n) is 14.0. The predicted octanol–water partition coefficient (Wildman–Crippen LogP) is 3.99. The Morgan fingerprint density at radius 2 is 1.86 bits per heavy atom. The van der Waals surface area contributed by atoms with Crippen LogP contribution in [0.15, 0.2) is 54.7 Å². The van der Waals surface area contributed by atoms with Crippen LogP contribution >= 0.6 is 0 Å². The van der Waals surface area contributed by atoms with Gasteiger partial charge < -0.3 is 25.6 Å². The Labute approximate surface area is 245 Å². The molecule has 2 aromatic heterocycles. The number of alkyl halides is 2. The van der Waals surface area contributed by atoms with Crippen molar-refractivity contribution in [2.75, 3.05) is 6.61 Å². The van der Waals surface area contributed by atoms with Gasteiger partial charge in [-0.05, 0) is 69.2 Å². The van der Waals surface area contributed by atoms with Crippen molar-refractivity contribution in [2.45, 2.75) is 63.8 Å². The summed E-state index contributed by atoms with van der Waals surface area (Å²) in [6, 6.07) is 13.7. The number of amides is 2. The lowest BCUT2D eigenvalue weighted by Gasteiger charge is -2.57. The first-order chi connectivity index (χ1) is 20.4. The summed E-state index contributed by atoms with van der Waals surface area (Å²) in [5, 5.41) is 21.4. The van der Waals surface area contributed by atoms with Crippen LogP contribution in [0.25, 0.3) is 16.6 Å². The lowest BCUT2D eigenvalue weighted by molar-refractivity contribution is -0.0849. The summed E-state index contributed by atoms with van der Waals surface area (Å²) in [5.41, 5.74) is 5.39. The Balaban J connectivity index is 1.07. The fourth-order valence-corrected chi connectivity index (χ4v) is 5.93. The van der Waals surface area contributed by atoms with Crippen molar-refractivity contribution in [1.82, 2.24) is 24.9 Å². The lowest BCUT2D eigenvalue weighted by Crippen LogP contribution is -2.58. The molecule has 2 saturated carbocycles. The molecule has 2 aliphatic rings. The molecule has 2 heterocycles. The number of primary amides is 1. The van der Waals surface area contributed by atoms with E-state index in [1.807, 2.05) is 30.3 Å². The van der Waals surface area contributed by atoms with E-state index in [0.29, 0.717) is 17.5 Å². The number of rotatable bonds is 10. The summed E-state index contributed by atoms with van der Waals surface area (Å²) in [5.74, 6) is -0.687. The summed E-state index contributed by atoms with van der Waals surface area (Å²) in [6.07, 6.45) is 4.29. The summed E-state index contributed by atoms with van der Waals surface area (Å²) < 4.78 is 41.2. The Morgan fingerprint density at radius 1 is 1.14 bits per heavy atom. The number of hydrogen-bond donors (Lipinski definition) is 3. The molecular formula is C30H32F2N6O5. The smallest absolute Gasteiger partial charge is 0.333 e. The van der Waals surface area contributed by atoms with Gasteiger partial charge in [-0.3, -0.25) is 9.59 Å². The normalized spacial score (nSPS) is 21.4.